The van der Waals surface area contributed by atoms with Gasteiger partial charge in [-0.15, -0.1) is 0 Å². The summed E-state index contributed by atoms with van der Waals surface area (Å²) in [6, 6.07) is 0.328. The fourth-order valence-electron chi connectivity index (χ4n) is 5.02. The van der Waals surface area contributed by atoms with E-state index in [2.05, 4.69) is 29.2 Å². The first-order chi connectivity index (χ1) is 13.4. The number of piperazine rings is 1. The van der Waals surface area contributed by atoms with Gasteiger partial charge in [-0.1, -0.05) is 13.8 Å². The molecule has 8 heteroatoms. The molecule has 1 aromatic rings. The number of amides is 1. The van der Waals surface area contributed by atoms with Crippen molar-refractivity contribution in [2.24, 2.45) is 23.4 Å². The molecule has 3 unspecified atom stereocenters. The van der Waals surface area contributed by atoms with Crippen LogP contribution in [-0.2, 0) is 16.6 Å². The maximum Gasteiger partial charge on any atom is 0.246 e. The van der Waals surface area contributed by atoms with Crippen LogP contribution in [0.25, 0.3) is 0 Å². The highest BCUT2D eigenvalue weighted by atomic mass is 16.5. The van der Waals surface area contributed by atoms with E-state index >= 15 is 0 Å². The van der Waals surface area contributed by atoms with E-state index < -0.39 is 0 Å². The second-order valence-corrected chi connectivity index (χ2v) is 8.68. The Kier molecular flexibility index (Phi) is 5.07. The van der Waals surface area contributed by atoms with Crippen molar-refractivity contribution in [3.63, 3.8) is 0 Å². The van der Waals surface area contributed by atoms with E-state index in [-0.39, 0.29) is 11.3 Å². The van der Waals surface area contributed by atoms with Crippen LogP contribution < -0.4 is 10.2 Å². The van der Waals surface area contributed by atoms with Gasteiger partial charge in [0.2, 0.25) is 5.91 Å². The number of hydrogen-bond donors (Lipinski definition) is 1. The zero-order valence-electron chi connectivity index (χ0n) is 17.4. The monoisotopic (exact) mass is 388 g/mol. The molecule has 3 aliphatic rings. The summed E-state index contributed by atoms with van der Waals surface area (Å²) in [6.45, 7) is 9.86. The van der Waals surface area contributed by atoms with Gasteiger partial charge in [0, 0.05) is 56.9 Å². The first-order valence-corrected chi connectivity index (χ1v) is 10.4. The van der Waals surface area contributed by atoms with Crippen LogP contribution in [0.5, 0.6) is 0 Å². The third-order valence-electron chi connectivity index (χ3n) is 6.45. The molecule has 0 aromatic carbocycles. The topological polar surface area (TPSA) is 75.0 Å². The fourth-order valence-corrected chi connectivity index (χ4v) is 5.02. The number of nitrogens with one attached hydrogen (secondary N) is 1. The molecule has 154 valence electrons. The Bertz CT molecular complexity index is 758. The van der Waals surface area contributed by atoms with Crippen LogP contribution in [0.3, 0.4) is 0 Å². The third-order valence-corrected chi connectivity index (χ3v) is 6.45. The number of aryl methyl sites for hydroxylation is 1. The lowest BCUT2D eigenvalue weighted by Crippen LogP contribution is -2.71. The Labute approximate surface area is 166 Å². The van der Waals surface area contributed by atoms with Gasteiger partial charge in [0.1, 0.15) is 6.54 Å². The molecule has 0 bridgehead atoms. The van der Waals surface area contributed by atoms with E-state index in [1.54, 1.807) is 10.9 Å². The van der Waals surface area contributed by atoms with Gasteiger partial charge in [-0.3, -0.25) is 14.5 Å². The zero-order valence-corrected chi connectivity index (χ0v) is 17.4. The van der Waals surface area contributed by atoms with Crippen molar-refractivity contribution in [1.29, 1.82) is 0 Å². The average molecular weight is 389 g/mol. The molecule has 1 aliphatic carbocycles. The van der Waals surface area contributed by atoms with E-state index in [1.807, 2.05) is 25.1 Å². The van der Waals surface area contributed by atoms with Crippen LogP contribution in [0, 0.1) is 11.3 Å². The highest BCUT2D eigenvalue weighted by molar-refractivity contribution is 5.98. The first-order valence-electron chi connectivity index (χ1n) is 10.4. The smallest absolute Gasteiger partial charge is 0.246 e. The molecule has 0 radical (unpaired) electrons. The van der Waals surface area contributed by atoms with Crippen LogP contribution in [0.2, 0.25) is 0 Å². The van der Waals surface area contributed by atoms with Gasteiger partial charge in [0.15, 0.2) is 5.96 Å². The van der Waals surface area contributed by atoms with Crippen LogP contribution in [-0.4, -0.2) is 71.5 Å². The molecule has 1 saturated carbocycles. The largest absolute Gasteiger partial charge is 0.377 e. The van der Waals surface area contributed by atoms with Crippen molar-refractivity contribution < 1.29 is 9.53 Å². The molecule has 8 nitrogen and oxygen atoms in total. The SMILES string of the molecule is CCN=C(NC1C2CCCOC2C1(C)C)N1CCN(c2cnn(C)c2)C(=O)C1. The Balaban J connectivity index is 1.44. The Morgan fingerprint density at radius 1 is 1.43 bits per heavy atom. The number of hydrogen-bond acceptors (Lipinski definition) is 4. The van der Waals surface area contributed by atoms with Crippen LogP contribution in [0.4, 0.5) is 5.69 Å². The number of carbonyl (C=O) groups is 1. The zero-order chi connectivity index (χ0) is 19.9. The standard InChI is InChI=1S/C20H32N6O2/c1-5-21-19(23-17-15-7-6-10-28-18(15)20(17,2)3)25-8-9-26(16(27)13-25)14-11-22-24(4)12-14/h11-12,15,17-18H,5-10,13H2,1-4H3,(H,21,23). The molecule has 3 heterocycles. The van der Waals surface area contributed by atoms with Crippen molar-refractivity contribution >= 4 is 17.6 Å². The summed E-state index contributed by atoms with van der Waals surface area (Å²) < 4.78 is 7.75. The third kappa shape index (κ3) is 3.27. The summed E-state index contributed by atoms with van der Waals surface area (Å²) in [6.07, 6.45) is 6.27. The van der Waals surface area contributed by atoms with Crippen molar-refractivity contribution in [2.75, 3.05) is 37.7 Å². The molecule has 1 amide bonds. The number of ether oxygens (including phenoxy) is 1. The Hall–Kier alpha value is -2.09. The van der Waals surface area contributed by atoms with Gasteiger partial charge in [-0.2, -0.15) is 5.10 Å². The lowest BCUT2D eigenvalue weighted by atomic mass is 9.55. The average Bonchev–Trinajstić information content (AvgIpc) is 3.11. The number of guanidine groups is 1. The lowest BCUT2D eigenvalue weighted by molar-refractivity contribution is -0.188. The Morgan fingerprint density at radius 2 is 2.25 bits per heavy atom. The summed E-state index contributed by atoms with van der Waals surface area (Å²) in [7, 11) is 1.86. The number of fused-ring (bicyclic) bond motifs is 1. The maximum atomic E-state index is 12.8. The summed E-state index contributed by atoms with van der Waals surface area (Å²) in [5.41, 5.74) is 0.928. The van der Waals surface area contributed by atoms with Crippen molar-refractivity contribution in [2.45, 2.75) is 45.8 Å². The van der Waals surface area contributed by atoms with Crippen LogP contribution >= 0.6 is 0 Å². The molecule has 3 fully saturated rings. The summed E-state index contributed by atoms with van der Waals surface area (Å²) >= 11 is 0. The maximum absolute atomic E-state index is 12.8. The van der Waals surface area contributed by atoms with Crippen LogP contribution in [0.15, 0.2) is 17.4 Å². The van der Waals surface area contributed by atoms with Crippen molar-refractivity contribution in [3.8, 4) is 0 Å². The normalized spacial score (nSPS) is 30.1. The van der Waals surface area contributed by atoms with Gasteiger partial charge >= 0.3 is 0 Å². The molecule has 2 aliphatic heterocycles. The molecule has 28 heavy (non-hydrogen) atoms. The highest BCUT2D eigenvalue weighted by Gasteiger charge is 2.58. The minimum atomic E-state index is 0.0706. The quantitative estimate of drug-likeness (QED) is 0.623. The van der Waals surface area contributed by atoms with E-state index in [0.29, 0.717) is 37.7 Å². The molecule has 4 rings (SSSR count). The molecule has 3 atom stereocenters. The molecule has 1 N–H and O–H groups in total. The van der Waals surface area contributed by atoms with Crippen LogP contribution in [0.1, 0.15) is 33.6 Å². The second-order valence-electron chi connectivity index (χ2n) is 8.68. The van der Waals surface area contributed by atoms with Gasteiger partial charge < -0.3 is 19.9 Å². The molecule has 0 spiro atoms. The number of aromatic nitrogens is 2. The van der Waals surface area contributed by atoms with E-state index in [4.69, 9.17) is 9.73 Å². The molecule has 2 saturated heterocycles. The number of aliphatic imine (C=N–C) groups is 1. The molecular formula is C20H32N6O2. The van der Waals surface area contributed by atoms with E-state index in [9.17, 15) is 4.79 Å². The lowest BCUT2D eigenvalue weighted by Gasteiger charge is -2.60. The van der Waals surface area contributed by atoms with Crippen molar-refractivity contribution in [1.82, 2.24) is 20.0 Å². The Morgan fingerprint density at radius 3 is 2.93 bits per heavy atom. The minimum absolute atomic E-state index is 0.0706. The summed E-state index contributed by atoms with van der Waals surface area (Å²) in [4.78, 5) is 21.4. The van der Waals surface area contributed by atoms with Crippen molar-refractivity contribution in [3.05, 3.63) is 12.4 Å². The number of anilines is 1. The highest BCUT2D eigenvalue weighted by Crippen LogP contribution is 2.51. The summed E-state index contributed by atoms with van der Waals surface area (Å²) in [5.74, 6) is 1.46. The minimum Gasteiger partial charge on any atom is -0.377 e. The first kappa shape index (κ1) is 19.2. The molecular weight excluding hydrogens is 356 g/mol. The van der Waals surface area contributed by atoms with E-state index in [1.165, 1.54) is 6.42 Å². The van der Waals surface area contributed by atoms with Gasteiger partial charge in [-0.25, -0.2) is 0 Å². The fraction of sp³-hybridized carbons (Fsp3) is 0.750. The van der Waals surface area contributed by atoms with Gasteiger partial charge in [0.25, 0.3) is 0 Å². The predicted octanol–water partition coefficient (Wildman–Crippen LogP) is 1.24. The van der Waals surface area contributed by atoms with E-state index in [0.717, 1.165) is 31.2 Å². The summed E-state index contributed by atoms with van der Waals surface area (Å²) in [5, 5.41) is 7.89. The number of rotatable bonds is 3. The number of nitrogens with zero attached hydrogens (tertiary/aromatic N) is 5. The van der Waals surface area contributed by atoms with Gasteiger partial charge in [-0.05, 0) is 19.8 Å². The van der Waals surface area contributed by atoms with Gasteiger partial charge in [0.05, 0.1) is 18.0 Å². The molecule has 1 aromatic heterocycles. The predicted molar refractivity (Wildman–Crippen MR) is 108 cm³/mol. The second kappa shape index (κ2) is 7.39. The number of carbonyl (C=O) groups excluding carboxylic acids is 1.